The van der Waals surface area contributed by atoms with Gasteiger partial charge in [-0.05, 0) is 23.6 Å². The molecule has 0 spiro atoms. The molecule has 3 rings (SSSR count). The predicted octanol–water partition coefficient (Wildman–Crippen LogP) is 4.05. The molecule has 0 saturated carbocycles. The molecule has 2 aromatic heterocycles. The van der Waals surface area contributed by atoms with Gasteiger partial charge in [-0.15, -0.1) is 11.3 Å². The number of rotatable bonds is 3. The Morgan fingerprint density at radius 2 is 1.90 bits per heavy atom. The lowest BCUT2D eigenvalue weighted by Crippen LogP contribution is -2.00. The Hall–Kier alpha value is -2.54. The molecule has 0 saturated heterocycles. The molecule has 1 N–H and O–H groups in total. The average molecular weight is 307 g/mol. The number of benzene rings is 1. The lowest BCUT2D eigenvalue weighted by atomic mass is 10.1. The van der Waals surface area contributed by atoms with E-state index in [1.807, 2.05) is 0 Å². The van der Waals surface area contributed by atoms with Crippen LogP contribution >= 0.6 is 11.3 Å². The summed E-state index contributed by atoms with van der Waals surface area (Å²) in [4.78, 5) is 15.6. The molecule has 3 aromatic rings. The molecule has 7 heteroatoms. The highest BCUT2D eigenvalue weighted by atomic mass is 32.1. The zero-order chi connectivity index (χ0) is 15.0. The topological polar surface area (TPSA) is 63.3 Å². The molecule has 0 aliphatic rings. The molecule has 21 heavy (non-hydrogen) atoms. The number of hydrogen-bond acceptors (Lipinski definition) is 4. The second-order valence-electron chi connectivity index (χ2n) is 4.08. The zero-order valence-corrected chi connectivity index (χ0v) is 11.2. The van der Waals surface area contributed by atoms with Crippen LogP contribution in [0.3, 0.4) is 0 Å². The van der Waals surface area contributed by atoms with Crippen molar-refractivity contribution in [3.05, 3.63) is 53.0 Å². The number of halogens is 2. The highest BCUT2D eigenvalue weighted by Crippen LogP contribution is 2.34. The van der Waals surface area contributed by atoms with Gasteiger partial charge in [0.15, 0.2) is 11.5 Å². The van der Waals surface area contributed by atoms with Gasteiger partial charge in [0.1, 0.15) is 11.6 Å². The standard InChI is InChI=1S/C14H7F2NO3S/c15-7-3-1-4-8(16)10(7)12-11(14(18)19)17-13(20-12)9-5-2-6-21-9/h1-6H,(H,18,19). The van der Waals surface area contributed by atoms with Crippen LogP contribution in [-0.4, -0.2) is 16.1 Å². The third-order valence-electron chi connectivity index (χ3n) is 2.75. The van der Waals surface area contributed by atoms with E-state index in [0.717, 1.165) is 12.1 Å². The second-order valence-corrected chi connectivity index (χ2v) is 5.02. The first kappa shape index (κ1) is 13.4. The van der Waals surface area contributed by atoms with Crippen LogP contribution in [0.25, 0.3) is 22.1 Å². The number of nitrogens with zero attached hydrogens (tertiary/aromatic N) is 1. The Balaban J connectivity index is 2.25. The SMILES string of the molecule is O=C(O)c1nc(-c2cccs2)oc1-c1c(F)cccc1F. The van der Waals surface area contributed by atoms with Gasteiger partial charge in [-0.2, -0.15) is 0 Å². The number of thiophene rings is 1. The summed E-state index contributed by atoms with van der Waals surface area (Å²) in [6.45, 7) is 0. The molecule has 0 fully saturated rings. The van der Waals surface area contributed by atoms with Crippen molar-refractivity contribution in [2.45, 2.75) is 0 Å². The van der Waals surface area contributed by atoms with Crippen LogP contribution in [0, 0.1) is 11.6 Å². The Morgan fingerprint density at radius 1 is 1.19 bits per heavy atom. The smallest absolute Gasteiger partial charge is 0.358 e. The van der Waals surface area contributed by atoms with Crippen molar-refractivity contribution in [3.8, 4) is 22.1 Å². The van der Waals surface area contributed by atoms with Crippen molar-refractivity contribution in [1.82, 2.24) is 4.98 Å². The summed E-state index contributed by atoms with van der Waals surface area (Å²) in [6, 6.07) is 6.64. The first-order chi connectivity index (χ1) is 10.1. The summed E-state index contributed by atoms with van der Waals surface area (Å²) in [5.41, 5.74) is -1.06. The van der Waals surface area contributed by atoms with Crippen LogP contribution in [0.15, 0.2) is 40.1 Å². The van der Waals surface area contributed by atoms with Crippen molar-refractivity contribution in [2.24, 2.45) is 0 Å². The number of carboxylic acid groups (broad SMARTS) is 1. The summed E-state index contributed by atoms with van der Waals surface area (Å²) >= 11 is 1.28. The maximum absolute atomic E-state index is 13.8. The largest absolute Gasteiger partial charge is 0.476 e. The summed E-state index contributed by atoms with van der Waals surface area (Å²) in [7, 11) is 0. The summed E-state index contributed by atoms with van der Waals surface area (Å²) in [5, 5.41) is 10.9. The van der Waals surface area contributed by atoms with Gasteiger partial charge in [0, 0.05) is 0 Å². The van der Waals surface area contributed by atoms with Crippen molar-refractivity contribution in [2.75, 3.05) is 0 Å². The van der Waals surface area contributed by atoms with Crippen molar-refractivity contribution >= 4 is 17.3 Å². The van der Waals surface area contributed by atoms with Crippen LogP contribution in [0.4, 0.5) is 8.78 Å². The minimum Gasteiger partial charge on any atom is -0.476 e. The van der Waals surface area contributed by atoms with Crippen molar-refractivity contribution in [3.63, 3.8) is 0 Å². The zero-order valence-electron chi connectivity index (χ0n) is 10.3. The molecule has 0 bridgehead atoms. The molecule has 106 valence electrons. The van der Waals surface area contributed by atoms with Gasteiger partial charge in [-0.3, -0.25) is 0 Å². The van der Waals surface area contributed by atoms with Crippen molar-refractivity contribution < 1.29 is 23.1 Å². The minimum absolute atomic E-state index is 0.0139. The number of aromatic nitrogens is 1. The molecule has 2 heterocycles. The van der Waals surface area contributed by atoms with E-state index in [9.17, 15) is 13.6 Å². The normalized spacial score (nSPS) is 10.8. The number of carbonyl (C=O) groups is 1. The van der Waals surface area contributed by atoms with Crippen LogP contribution in [0.2, 0.25) is 0 Å². The van der Waals surface area contributed by atoms with Gasteiger partial charge in [-0.1, -0.05) is 12.1 Å². The number of hydrogen-bond donors (Lipinski definition) is 1. The van der Waals surface area contributed by atoms with Gasteiger partial charge >= 0.3 is 5.97 Å². The van der Waals surface area contributed by atoms with E-state index in [1.165, 1.54) is 17.4 Å². The first-order valence-electron chi connectivity index (χ1n) is 5.80. The summed E-state index contributed by atoms with van der Waals surface area (Å²) in [5.74, 6) is -3.65. The maximum Gasteiger partial charge on any atom is 0.358 e. The molecular formula is C14H7F2NO3S. The van der Waals surface area contributed by atoms with Gasteiger partial charge < -0.3 is 9.52 Å². The monoisotopic (exact) mass is 307 g/mol. The van der Waals surface area contributed by atoms with Crippen LogP contribution in [-0.2, 0) is 0 Å². The van der Waals surface area contributed by atoms with E-state index < -0.39 is 34.6 Å². The summed E-state index contributed by atoms with van der Waals surface area (Å²) in [6.07, 6.45) is 0. The Labute approximate surface area is 121 Å². The van der Waals surface area contributed by atoms with Crippen molar-refractivity contribution in [1.29, 1.82) is 0 Å². The highest BCUT2D eigenvalue weighted by molar-refractivity contribution is 7.13. The number of aromatic carboxylic acids is 1. The Bertz CT molecular complexity index is 791. The predicted molar refractivity (Wildman–Crippen MR) is 72.1 cm³/mol. The molecule has 0 amide bonds. The van der Waals surface area contributed by atoms with E-state index >= 15 is 0 Å². The fourth-order valence-electron chi connectivity index (χ4n) is 1.85. The number of oxazole rings is 1. The first-order valence-corrected chi connectivity index (χ1v) is 6.68. The highest BCUT2D eigenvalue weighted by Gasteiger charge is 2.26. The van der Waals surface area contributed by atoms with E-state index in [4.69, 9.17) is 9.52 Å². The lowest BCUT2D eigenvalue weighted by Gasteiger charge is -2.01. The third-order valence-corrected chi connectivity index (χ3v) is 3.61. The van der Waals surface area contributed by atoms with Crippen LogP contribution in [0.5, 0.6) is 0 Å². The Kier molecular flexibility index (Phi) is 3.26. The molecule has 0 radical (unpaired) electrons. The number of carboxylic acids is 1. The minimum atomic E-state index is -1.42. The van der Waals surface area contributed by atoms with Gasteiger partial charge in [-0.25, -0.2) is 18.6 Å². The van der Waals surface area contributed by atoms with E-state index in [1.54, 1.807) is 17.5 Å². The van der Waals surface area contributed by atoms with Gasteiger partial charge in [0.2, 0.25) is 5.89 Å². The molecule has 0 atom stereocenters. The molecule has 0 aliphatic heterocycles. The van der Waals surface area contributed by atoms with E-state index in [0.29, 0.717) is 4.88 Å². The summed E-state index contributed by atoms with van der Waals surface area (Å²) < 4.78 is 32.9. The Morgan fingerprint density at radius 3 is 2.48 bits per heavy atom. The molecular weight excluding hydrogens is 300 g/mol. The fourth-order valence-corrected chi connectivity index (χ4v) is 2.50. The van der Waals surface area contributed by atoms with Gasteiger partial charge in [0.25, 0.3) is 0 Å². The van der Waals surface area contributed by atoms with E-state index in [-0.39, 0.29) is 5.89 Å². The van der Waals surface area contributed by atoms with Gasteiger partial charge in [0.05, 0.1) is 10.4 Å². The second kappa shape index (κ2) is 5.10. The third kappa shape index (κ3) is 2.31. The lowest BCUT2D eigenvalue weighted by molar-refractivity contribution is 0.0691. The quantitative estimate of drug-likeness (QED) is 0.793. The fraction of sp³-hybridized carbons (Fsp3) is 0. The molecule has 0 unspecified atom stereocenters. The van der Waals surface area contributed by atoms with Crippen LogP contribution < -0.4 is 0 Å². The molecule has 1 aromatic carbocycles. The molecule has 0 aliphatic carbocycles. The van der Waals surface area contributed by atoms with E-state index in [2.05, 4.69) is 4.98 Å². The molecule has 4 nitrogen and oxygen atoms in total. The maximum atomic E-state index is 13.8. The van der Waals surface area contributed by atoms with Crippen LogP contribution in [0.1, 0.15) is 10.5 Å². The average Bonchev–Trinajstić information content (AvgIpc) is 3.07.